The molecule has 0 fully saturated rings. The topological polar surface area (TPSA) is 75.3 Å². The Labute approximate surface area is 190 Å². The number of thiophene rings is 1. The van der Waals surface area contributed by atoms with E-state index in [1.807, 2.05) is 61.5 Å². The molecule has 164 valence electrons. The molecule has 1 amide bonds. The number of amides is 1. The highest BCUT2D eigenvalue weighted by Gasteiger charge is 2.22. The number of H-pyrrole nitrogens is 1. The van der Waals surface area contributed by atoms with Crippen LogP contribution in [-0.2, 0) is 6.42 Å². The van der Waals surface area contributed by atoms with E-state index in [9.17, 15) is 9.59 Å². The van der Waals surface area contributed by atoms with E-state index in [1.165, 1.54) is 11.3 Å². The summed E-state index contributed by atoms with van der Waals surface area (Å²) in [7, 11) is 1.74. The van der Waals surface area contributed by atoms with Crippen LogP contribution in [0.1, 0.15) is 32.2 Å². The first-order valence-electron chi connectivity index (χ1n) is 10.4. The monoisotopic (exact) mass is 447 g/mol. The predicted molar refractivity (Wildman–Crippen MR) is 128 cm³/mol. The van der Waals surface area contributed by atoms with Crippen LogP contribution in [0.5, 0.6) is 5.75 Å². The fourth-order valence-corrected chi connectivity index (χ4v) is 4.74. The van der Waals surface area contributed by atoms with Crippen LogP contribution in [0.15, 0.2) is 59.4 Å². The number of aryl methyl sites for hydroxylation is 2. The van der Waals surface area contributed by atoms with Crippen molar-refractivity contribution in [1.29, 1.82) is 0 Å². The van der Waals surface area contributed by atoms with Crippen molar-refractivity contribution < 1.29 is 9.53 Å². The minimum atomic E-state index is -0.209. The second-order valence-corrected chi connectivity index (χ2v) is 8.80. The maximum absolute atomic E-state index is 13.1. The molecule has 0 unspecified atom stereocenters. The number of fused-ring (bicyclic) bond motifs is 1. The van der Waals surface area contributed by atoms with Crippen LogP contribution >= 0.6 is 11.3 Å². The molecule has 2 aromatic carbocycles. The standard InChI is InChI=1S/C25H25N3O3S/c1-16-8-7-11-19(14-16)31-13-12-28(3)25(30)22-17(2)21-23(29)26-20(27-24(21)32-22)15-18-9-5-4-6-10-18/h4-11,14H,12-13,15H2,1-3H3,(H,26,27,29). The average molecular weight is 448 g/mol. The lowest BCUT2D eigenvalue weighted by Gasteiger charge is -2.17. The molecule has 32 heavy (non-hydrogen) atoms. The molecule has 0 aliphatic rings. The number of carbonyl (C=O) groups is 1. The summed E-state index contributed by atoms with van der Waals surface area (Å²) in [4.78, 5) is 36.0. The van der Waals surface area contributed by atoms with E-state index in [0.29, 0.717) is 46.1 Å². The summed E-state index contributed by atoms with van der Waals surface area (Å²) >= 11 is 1.27. The molecule has 0 atom stereocenters. The molecule has 2 heterocycles. The average Bonchev–Trinajstić information content (AvgIpc) is 3.10. The molecule has 0 spiro atoms. The van der Waals surface area contributed by atoms with Gasteiger partial charge in [-0.1, -0.05) is 42.5 Å². The van der Waals surface area contributed by atoms with Crippen molar-refractivity contribution in [2.75, 3.05) is 20.2 Å². The van der Waals surface area contributed by atoms with Crippen molar-refractivity contribution in [1.82, 2.24) is 14.9 Å². The van der Waals surface area contributed by atoms with Crippen molar-refractivity contribution in [3.63, 3.8) is 0 Å². The Bertz CT molecular complexity index is 1310. The molecule has 0 aliphatic carbocycles. The van der Waals surface area contributed by atoms with Gasteiger partial charge in [-0.15, -0.1) is 11.3 Å². The number of nitrogens with one attached hydrogen (secondary N) is 1. The molecule has 0 radical (unpaired) electrons. The van der Waals surface area contributed by atoms with Gasteiger partial charge in [0.1, 0.15) is 23.0 Å². The Balaban J connectivity index is 1.50. The van der Waals surface area contributed by atoms with Gasteiger partial charge in [0.2, 0.25) is 0 Å². The van der Waals surface area contributed by atoms with Crippen molar-refractivity contribution in [2.45, 2.75) is 20.3 Å². The number of hydrogen-bond acceptors (Lipinski definition) is 5. The SMILES string of the molecule is Cc1cccc(OCCN(C)C(=O)c2sc3nc(Cc4ccccc4)[nH]c(=O)c3c2C)c1. The highest BCUT2D eigenvalue weighted by molar-refractivity contribution is 7.20. The highest BCUT2D eigenvalue weighted by atomic mass is 32.1. The molecule has 4 rings (SSSR count). The fraction of sp³-hybridized carbons (Fsp3) is 0.240. The number of hydrogen-bond donors (Lipinski definition) is 1. The van der Waals surface area contributed by atoms with Crippen LogP contribution in [0.4, 0.5) is 0 Å². The molecule has 6 nitrogen and oxygen atoms in total. The maximum Gasteiger partial charge on any atom is 0.264 e. The summed E-state index contributed by atoms with van der Waals surface area (Å²) in [6.45, 7) is 4.63. The van der Waals surface area contributed by atoms with Crippen molar-refractivity contribution in [3.8, 4) is 5.75 Å². The van der Waals surface area contributed by atoms with Crippen LogP contribution in [0.25, 0.3) is 10.2 Å². The lowest BCUT2D eigenvalue weighted by molar-refractivity contribution is 0.0778. The smallest absolute Gasteiger partial charge is 0.264 e. The van der Waals surface area contributed by atoms with E-state index in [1.54, 1.807) is 18.9 Å². The summed E-state index contributed by atoms with van der Waals surface area (Å²) in [5.74, 6) is 1.24. The Morgan fingerprint density at radius 2 is 1.91 bits per heavy atom. The Morgan fingerprint density at radius 1 is 1.12 bits per heavy atom. The number of aromatic nitrogens is 2. The fourth-order valence-electron chi connectivity index (χ4n) is 3.55. The minimum Gasteiger partial charge on any atom is -0.492 e. The number of likely N-dealkylation sites (N-methyl/N-ethyl adjacent to an activating group) is 1. The van der Waals surface area contributed by atoms with E-state index in [-0.39, 0.29) is 11.5 Å². The number of carbonyl (C=O) groups excluding carboxylic acids is 1. The molecule has 0 bridgehead atoms. The summed E-state index contributed by atoms with van der Waals surface area (Å²) in [6, 6.07) is 17.7. The van der Waals surface area contributed by atoms with Crippen LogP contribution in [0, 0.1) is 13.8 Å². The lowest BCUT2D eigenvalue weighted by atomic mass is 10.1. The van der Waals surface area contributed by atoms with Gasteiger partial charge >= 0.3 is 0 Å². The van der Waals surface area contributed by atoms with E-state index in [2.05, 4.69) is 9.97 Å². The summed E-state index contributed by atoms with van der Waals surface area (Å²) < 4.78 is 5.77. The number of aromatic amines is 1. The van der Waals surface area contributed by atoms with E-state index >= 15 is 0 Å². The highest BCUT2D eigenvalue weighted by Crippen LogP contribution is 2.28. The third-order valence-corrected chi connectivity index (χ3v) is 6.46. The Hall–Kier alpha value is -3.45. The Kier molecular flexibility index (Phi) is 6.37. The second kappa shape index (κ2) is 9.36. The zero-order valence-electron chi connectivity index (χ0n) is 18.3. The van der Waals surface area contributed by atoms with E-state index in [4.69, 9.17) is 4.74 Å². The first-order chi connectivity index (χ1) is 15.4. The normalized spacial score (nSPS) is 11.0. The van der Waals surface area contributed by atoms with Gasteiger partial charge in [-0.3, -0.25) is 9.59 Å². The third-order valence-electron chi connectivity index (χ3n) is 5.29. The molecule has 0 saturated carbocycles. The van der Waals surface area contributed by atoms with Crippen LogP contribution in [0.2, 0.25) is 0 Å². The largest absolute Gasteiger partial charge is 0.492 e. The predicted octanol–water partition coefficient (Wildman–Crippen LogP) is 4.34. The van der Waals surface area contributed by atoms with Gasteiger partial charge in [-0.05, 0) is 42.7 Å². The molecule has 0 aliphatic heterocycles. The van der Waals surface area contributed by atoms with E-state index < -0.39 is 0 Å². The van der Waals surface area contributed by atoms with Crippen molar-refractivity contribution in [3.05, 3.63) is 92.3 Å². The second-order valence-electron chi connectivity index (χ2n) is 7.80. The van der Waals surface area contributed by atoms with Crippen LogP contribution in [-0.4, -0.2) is 41.0 Å². The lowest BCUT2D eigenvalue weighted by Crippen LogP contribution is -2.30. The molecule has 2 aromatic heterocycles. The van der Waals surface area contributed by atoms with Gasteiger partial charge in [-0.2, -0.15) is 0 Å². The Morgan fingerprint density at radius 3 is 2.66 bits per heavy atom. The maximum atomic E-state index is 13.1. The molecule has 7 heteroatoms. The van der Waals surface area contributed by atoms with Gasteiger partial charge in [0.15, 0.2) is 0 Å². The first-order valence-corrected chi connectivity index (χ1v) is 11.2. The van der Waals surface area contributed by atoms with Crippen LogP contribution in [0.3, 0.4) is 0 Å². The third kappa shape index (κ3) is 4.73. The summed E-state index contributed by atoms with van der Waals surface area (Å²) in [6.07, 6.45) is 0.530. The molecule has 4 aromatic rings. The number of nitrogens with zero attached hydrogens (tertiary/aromatic N) is 2. The number of benzene rings is 2. The molecule has 1 N–H and O–H groups in total. The summed E-state index contributed by atoms with van der Waals surface area (Å²) in [5.41, 5.74) is 2.64. The van der Waals surface area contributed by atoms with Crippen molar-refractivity contribution >= 4 is 27.5 Å². The zero-order chi connectivity index (χ0) is 22.7. The van der Waals surface area contributed by atoms with Gasteiger partial charge in [0, 0.05) is 13.5 Å². The van der Waals surface area contributed by atoms with Crippen LogP contribution < -0.4 is 10.3 Å². The summed E-state index contributed by atoms with van der Waals surface area (Å²) in [5, 5.41) is 0.486. The van der Waals surface area contributed by atoms with Gasteiger partial charge in [0.05, 0.1) is 16.8 Å². The molecular formula is C25H25N3O3S. The van der Waals surface area contributed by atoms with Gasteiger partial charge in [0.25, 0.3) is 11.5 Å². The quantitative estimate of drug-likeness (QED) is 0.457. The minimum absolute atomic E-state index is 0.137. The first kappa shape index (κ1) is 21.8. The van der Waals surface area contributed by atoms with E-state index in [0.717, 1.165) is 16.9 Å². The zero-order valence-corrected chi connectivity index (χ0v) is 19.2. The number of rotatable bonds is 7. The van der Waals surface area contributed by atoms with Gasteiger partial charge in [-0.25, -0.2) is 4.98 Å². The molecule has 0 saturated heterocycles. The van der Waals surface area contributed by atoms with Gasteiger partial charge < -0.3 is 14.6 Å². The molecular weight excluding hydrogens is 422 g/mol. The van der Waals surface area contributed by atoms with Crippen molar-refractivity contribution in [2.24, 2.45) is 0 Å². The number of ether oxygens (including phenoxy) is 1.